The van der Waals surface area contributed by atoms with E-state index in [-0.39, 0.29) is 16.5 Å². The maximum Gasteiger partial charge on any atom is 0.292 e. The molecule has 0 saturated carbocycles. The Morgan fingerprint density at radius 3 is 2.16 bits per heavy atom. The quantitative estimate of drug-likeness (QED) is 0.503. The highest BCUT2D eigenvalue weighted by molar-refractivity contribution is 5.78. The van der Waals surface area contributed by atoms with E-state index in [0.717, 1.165) is 24.5 Å². The number of piperazine rings is 2. The summed E-state index contributed by atoms with van der Waals surface area (Å²) in [6.07, 6.45) is 0. The molecule has 0 bridgehead atoms. The fourth-order valence-corrected chi connectivity index (χ4v) is 4.33. The number of para-hydroxylation sites is 2. The van der Waals surface area contributed by atoms with Crippen LogP contribution in [-0.2, 0) is 4.79 Å². The van der Waals surface area contributed by atoms with Crippen LogP contribution in [-0.4, -0.2) is 86.6 Å². The molecule has 2 fully saturated rings. The number of nitrogens with zero attached hydrogens (tertiary/aromatic N) is 5. The number of hydrogen-bond acceptors (Lipinski definition) is 7. The lowest BCUT2D eigenvalue weighted by atomic mass is 10.2. The Labute approximate surface area is 187 Å². The standard InChI is InChI=1S/C23H29N5O4/c1-32-20-8-6-19(7-9-20)25-14-16-27(17-15-25)23(29)18-24-10-12-26(13-11-24)21-4-2-3-5-22(21)28(30)31/h2-9H,10-18H2,1H3. The third-order valence-corrected chi connectivity index (χ3v) is 6.22. The molecular formula is C23H29N5O4. The molecule has 32 heavy (non-hydrogen) atoms. The molecule has 1 amide bonds. The van der Waals surface area contributed by atoms with Gasteiger partial charge in [-0.3, -0.25) is 19.8 Å². The van der Waals surface area contributed by atoms with E-state index in [1.165, 1.54) is 6.07 Å². The Hall–Kier alpha value is -3.33. The highest BCUT2D eigenvalue weighted by atomic mass is 16.6. The Bertz CT molecular complexity index is 936. The Balaban J connectivity index is 1.25. The average Bonchev–Trinajstić information content (AvgIpc) is 2.84. The zero-order chi connectivity index (χ0) is 22.5. The molecule has 0 radical (unpaired) electrons. The van der Waals surface area contributed by atoms with E-state index in [0.29, 0.717) is 51.5 Å². The van der Waals surface area contributed by atoms with Crippen molar-refractivity contribution < 1.29 is 14.5 Å². The maximum atomic E-state index is 12.8. The van der Waals surface area contributed by atoms with E-state index in [2.05, 4.69) is 9.80 Å². The number of methoxy groups -OCH3 is 1. The number of nitro groups is 1. The van der Waals surface area contributed by atoms with Crippen molar-refractivity contribution in [1.82, 2.24) is 9.80 Å². The van der Waals surface area contributed by atoms with E-state index in [4.69, 9.17) is 4.74 Å². The number of anilines is 2. The summed E-state index contributed by atoms with van der Waals surface area (Å²) in [5, 5.41) is 11.3. The van der Waals surface area contributed by atoms with Crippen LogP contribution in [0.1, 0.15) is 0 Å². The van der Waals surface area contributed by atoms with Gasteiger partial charge in [-0.1, -0.05) is 12.1 Å². The highest BCUT2D eigenvalue weighted by Gasteiger charge is 2.27. The zero-order valence-corrected chi connectivity index (χ0v) is 18.4. The molecule has 0 aliphatic carbocycles. The Kier molecular flexibility index (Phi) is 6.75. The molecule has 2 saturated heterocycles. The van der Waals surface area contributed by atoms with Gasteiger partial charge in [0, 0.05) is 64.1 Å². The topological polar surface area (TPSA) is 82.4 Å². The second-order valence-corrected chi connectivity index (χ2v) is 8.07. The van der Waals surface area contributed by atoms with Crippen molar-refractivity contribution in [2.24, 2.45) is 0 Å². The first-order valence-corrected chi connectivity index (χ1v) is 10.9. The summed E-state index contributed by atoms with van der Waals surface area (Å²) in [5.74, 6) is 0.989. The summed E-state index contributed by atoms with van der Waals surface area (Å²) in [7, 11) is 1.66. The minimum Gasteiger partial charge on any atom is -0.497 e. The molecule has 2 aliphatic rings. The lowest BCUT2D eigenvalue weighted by Gasteiger charge is -2.39. The molecule has 2 aliphatic heterocycles. The third kappa shape index (κ3) is 4.94. The van der Waals surface area contributed by atoms with E-state index in [1.807, 2.05) is 40.1 Å². The predicted molar refractivity (Wildman–Crippen MR) is 124 cm³/mol. The third-order valence-electron chi connectivity index (χ3n) is 6.22. The highest BCUT2D eigenvalue weighted by Crippen LogP contribution is 2.28. The normalized spacial score (nSPS) is 17.3. The SMILES string of the molecule is COc1ccc(N2CCN(C(=O)CN3CCN(c4ccccc4[N+](=O)[O-])CC3)CC2)cc1. The molecule has 0 N–H and O–H groups in total. The van der Waals surface area contributed by atoms with Crippen LogP contribution in [0.2, 0.25) is 0 Å². The summed E-state index contributed by atoms with van der Waals surface area (Å²) in [5.41, 5.74) is 1.92. The number of rotatable bonds is 6. The van der Waals surface area contributed by atoms with Crippen LogP contribution in [0.5, 0.6) is 5.75 Å². The number of amides is 1. The van der Waals surface area contributed by atoms with Gasteiger partial charge < -0.3 is 19.4 Å². The lowest BCUT2D eigenvalue weighted by molar-refractivity contribution is -0.384. The van der Waals surface area contributed by atoms with Crippen molar-refractivity contribution in [3.63, 3.8) is 0 Å². The molecule has 0 atom stereocenters. The Morgan fingerprint density at radius 2 is 1.53 bits per heavy atom. The first-order valence-electron chi connectivity index (χ1n) is 10.9. The Morgan fingerprint density at radius 1 is 0.906 bits per heavy atom. The minimum atomic E-state index is -0.336. The van der Waals surface area contributed by atoms with Crippen molar-refractivity contribution in [3.05, 3.63) is 58.6 Å². The number of nitro benzene ring substituents is 1. The number of carbonyl (C=O) groups is 1. The molecule has 4 rings (SSSR count). The lowest BCUT2D eigenvalue weighted by Crippen LogP contribution is -2.54. The van der Waals surface area contributed by atoms with Gasteiger partial charge in [0.2, 0.25) is 5.91 Å². The summed E-state index contributed by atoms with van der Waals surface area (Å²) in [6.45, 7) is 6.20. The number of hydrogen-bond donors (Lipinski definition) is 0. The van der Waals surface area contributed by atoms with Gasteiger partial charge in [0.1, 0.15) is 11.4 Å². The van der Waals surface area contributed by atoms with Gasteiger partial charge in [-0.15, -0.1) is 0 Å². The fourth-order valence-electron chi connectivity index (χ4n) is 4.33. The van der Waals surface area contributed by atoms with E-state index in [9.17, 15) is 14.9 Å². The molecule has 170 valence electrons. The molecule has 2 heterocycles. The minimum absolute atomic E-state index is 0.131. The summed E-state index contributed by atoms with van der Waals surface area (Å²) in [4.78, 5) is 32.2. The number of carbonyl (C=O) groups excluding carboxylic acids is 1. The first kappa shape index (κ1) is 21.9. The average molecular weight is 440 g/mol. The van der Waals surface area contributed by atoms with E-state index < -0.39 is 0 Å². The van der Waals surface area contributed by atoms with Gasteiger partial charge in [0.05, 0.1) is 18.6 Å². The first-order chi connectivity index (χ1) is 15.5. The van der Waals surface area contributed by atoms with Crippen LogP contribution in [0, 0.1) is 10.1 Å². The smallest absolute Gasteiger partial charge is 0.292 e. The summed E-state index contributed by atoms with van der Waals surface area (Å²) in [6, 6.07) is 14.8. The van der Waals surface area contributed by atoms with Crippen LogP contribution >= 0.6 is 0 Å². The van der Waals surface area contributed by atoms with Gasteiger partial charge in [0.25, 0.3) is 5.69 Å². The molecule has 0 spiro atoms. The molecule has 0 unspecified atom stereocenters. The van der Waals surface area contributed by atoms with E-state index >= 15 is 0 Å². The van der Waals surface area contributed by atoms with Gasteiger partial charge in [-0.2, -0.15) is 0 Å². The molecule has 9 heteroatoms. The van der Waals surface area contributed by atoms with Crippen molar-refractivity contribution in [3.8, 4) is 5.75 Å². The molecule has 2 aromatic rings. The van der Waals surface area contributed by atoms with Gasteiger partial charge >= 0.3 is 0 Å². The maximum absolute atomic E-state index is 12.8. The number of benzene rings is 2. The second-order valence-electron chi connectivity index (χ2n) is 8.07. The van der Waals surface area contributed by atoms with Crippen molar-refractivity contribution in [2.45, 2.75) is 0 Å². The van der Waals surface area contributed by atoms with Crippen molar-refractivity contribution in [2.75, 3.05) is 75.8 Å². The summed E-state index contributed by atoms with van der Waals surface area (Å²) < 4.78 is 5.22. The fraction of sp³-hybridized carbons (Fsp3) is 0.435. The monoisotopic (exact) mass is 439 g/mol. The van der Waals surface area contributed by atoms with Crippen LogP contribution in [0.15, 0.2) is 48.5 Å². The molecule has 2 aromatic carbocycles. The van der Waals surface area contributed by atoms with Crippen LogP contribution in [0.25, 0.3) is 0 Å². The van der Waals surface area contributed by atoms with Crippen LogP contribution < -0.4 is 14.5 Å². The largest absolute Gasteiger partial charge is 0.497 e. The molecular weight excluding hydrogens is 410 g/mol. The number of ether oxygens (including phenoxy) is 1. The van der Waals surface area contributed by atoms with Crippen molar-refractivity contribution >= 4 is 23.0 Å². The molecule has 0 aromatic heterocycles. The van der Waals surface area contributed by atoms with Crippen LogP contribution in [0.3, 0.4) is 0 Å². The van der Waals surface area contributed by atoms with Gasteiger partial charge in [-0.05, 0) is 30.3 Å². The second kappa shape index (κ2) is 9.86. The van der Waals surface area contributed by atoms with Crippen LogP contribution in [0.4, 0.5) is 17.1 Å². The predicted octanol–water partition coefficient (Wildman–Crippen LogP) is 2.07. The van der Waals surface area contributed by atoms with Gasteiger partial charge in [0.15, 0.2) is 0 Å². The molecule has 9 nitrogen and oxygen atoms in total. The van der Waals surface area contributed by atoms with E-state index in [1.54, 1.807) is 19.2 Å². The summed E-state index contributed by atoms with van der Waals surface area (Å²) >= 11 is 0. The van der Waals surface area contributed by atoms with Gasteiger partial charge in [-0.25, -0.2) is 0 Å². The van der Waals surface area contributed by atoms with Crippen molar-refractivity contribution in [1.29, 1.82) is 0 Å². The zero-order valence-electron chi connectivity index (χ0n) is 18.4.